The van der Waals surface area contributed by atoms with E-state index in [4.69, 9.17) is 4.74 Å². The fourth-order valence-corrected chi connectivity index (χ4v) is 2.78. The highest BCUT2D eigenvalue weighted by Crippen LogP contribution is 2.40. The van der Waals surface area contributed by atoms with Crippen molar-refractivity contribution in [3.05, 3.63) is 18.2 Å². The lowest BCUT2D eigenvalue weighted by Crippen LogP contribution is -2.41. The lowest BCUT2D eigenvalue weighted by atomic mass is 9.78. The first-order valence-electron chi connectivity index (χ1n) is 7.77. The van der Waals surface area contributed by atoms with Gasteiger partial charge in [0, 0.05) is 5.54 Å². The first kappa shape index (κ1) is 15.9. The maximum Gasteiger partial charge on any atom is 0.408 e. The van der Waals surface area contributed by atoms with Gasteiger partial charge >= 0.3 is 6.09 Å². The number of alkyl carbamates (subject to hydrolysis) is 1. The van der Waals surface area contributed by atoms with E-state index in [1.807, 2.05) is 33.3 Å². The molecule has 1 aliphatic rings. The molecule has 0 unspecified atom stereocenters. The summed E-state index contributed by atoms with van der Waals surface area (Å²) in [7, 11) is 0. The summed E-state index contributed by atoms with van der Waals surface area (Å²) in [6.45, 7) is 9.91. The Morgan fingerprint density at radius 3 is 2.67 bits per heavy atom. The normalized spacial score (nSPS) is 18.7. The van der Waals surface area contributed by atoms with E-state index in [-0.39, 0.29) is 17.7 Å². The van der Waals surface area contributed by atoms with Crippen molar-refractivity contribution in [3.63, 3.8) is 0 Å². The SMILES string of the molecule is CC[C@@H](NC(=O)OC(C)(C)C)c1cncn1C1(C)CCC1. The highest BCUT2D eigenvalue weighted by Gasteiger charge is 2.36. The minimum Gasteiger partial charge on any atom is -0.444 e. The van der Waals surface area contributed by atoms with Gasteiger partial charge in [-0.2, -0.15) is 0 Å². The van der Waals surface area contributed by atoms with Gasteiger partial charge in [-0.1, -0.05) is 6.92 Å². The van der Waals surface area contributed by atoms with E-state index in [1.54, 1.807) is 0 Å². The highest BCUT2D eigenvalue weighted by molar-refractivity contribution is 5.68. The lowest BCUT2D eigenvalue weighted by molar-refractivity contribution is 0.0496. The van der Waals surface area contributed by atoms with Gasteiger partial charge in [0.25, 0.3) is 0 Å². The first-order chi connectivity index (χ1) is 9.75. The second kappa shape index (κ2) is 5.70. The standard InChI is InChI=1S/C16H27N3O2/c1-6-12(18-14(20)21-15(2,3)4)13-10-17-11-19(13)16(5)8-7-9-16/h10-12H,6-9H2,1-5H3,(H,18,20)/t12-/m1/s1. The van der Waals surface area contributed by atoms with E-state index in [2.05, 4.69) is 28.7 Å². The Labute approximate surface area is 127 Å². The fraction of sp³-hybridized carbons (Fsp3) is 0.750. The largest absolute Gasteiger partial charge is 0.444 e. The van der Waals surface area contributed by atoms with Crippen LogP contribution in [-0.2, 0) is 10.3 Å². The van der Waals surface area contributed by atoms with Crippen LogP contribution in [0.25, 0.3) is 0 Å². The third-order valence-electron chi connectivity index (χ3n) is 4.14. The zero-order chi connectivity index (χ0) is 15.7. The van der Waals surface area contributed by atoms with Crippen molar-refractivity contribution in [2.75, 3.05) is 0 Å². The molecule has 0 radical (unpaired) electrons. The molecule has 0 saturated heterocycles. The number of amides is 1. The minimum atomic E-state index is -0.484. The summed E-state index contributed by atoms with van der Waals surface area (Å²) >= 11 is 0. The Balaban J connectivity index is 2.12. The van der Waals surface area contributed by atoms with Crippen LogP contribution in [0.4, 0.5) is 4.79 Å². The Morgan fingerprint density at radius 1 is 1.52 bits per heavy atom. The molecule has 1 heterocycles. The van der Waals surface area contributed by atoms with Crippen LogP contribution in [0.2, 0.25) is 0 Å². The number of nitrogens with zero attached hydrogens (tertiary/aromatic N) is 2. The number of nitrogens with one attached hydrogen (secondary N) is 1. The monoisotopic (exact) mass is 293 g/mol. The van der Waals surface area contributed by atoms with Gasteiger partial charge in [0.05, 0.1) is 24.3 Å². The van der Waals surface area contributed by atoms with Crippen molar-refractivity contribution < 1.29 is 9.53 Å². The molecule has 21 heavy (non-hydrogen) atoms. The third-order valence-corrected chi connectivity index (χ3v) is 4.14. The molecular weight excluding hydrogens is 266 g/mol. The zero-order valence-corrected chi connectivity index (χ0v) is 13.8. The van der Waals surface area contributed by atoms with Gasteiger partial charge in [-0.3, -0.25) is 0 Å². The molecule has 0 bridgehead atoms. The van der Waals surface area contributed by atoms with Crippen molar-refractivity contribution in [1.29, 1.82) is 0 Å². The number of carbonyl (C=O) groups excluding carboxylic acids is 1. The summed E-state index contributed by atoms with van der Waals surface area (Å²) in [6, 6.07) is -0.0697. The van der Waals surface area contributed by atoms with Gasteiger partial charge in [-0.15, -0.1) is 0 Å². The van der Waals surface area contributed by atoms with Gasteiger partial charge in [0.15, 0.2) is 0 Å². The minimum absolute atomic E-state index is 0.0697. The van der Waals surface area contributed by atoms with E-state index in [1.165, 1.54) is 19.3 Å². The van der Waals surface area contributed by atoms with Crippen LogP contribution >= 0.6 is 0 Å². The van der Waals surface area contributed by atoms with Gasteiger partial charge in [0.2, 0.25) is 0 Å². The number of ether oxygens (including phenoxy) is 1. The number of hydrogen-bond acceptors (Lipinski definition) is 3. The van der Waals surface area contributed by atoms with Crippen LogP contribution in [0.15, 0.2) is 12.5 Å². The smallest absolute Gasteiger partial charge is 0.408 e. The van der Waals surface area contributed by atoms with E-state index in [0.29, 0.717) is 0 Å². The van der Waals surface area contributed by atoms with Crippen LogP contribution in [0.1, 0.15) is 72.0 Å². The summed E-state index contributed by atoms with van der Waals surface area (Å²) in [5.74, 6) is 0. The average Bonchev–Trinajstić information content (AvgIpc) is 2.80. The number of aromatic nitrogens is 2. The molecule has 2 rings (SSSR count). The van der Waals surface area contributed by atoms with Crippen molar-refractivity contribution >= 4 is 6.09 Å². The van der Waals surface area contributed by atoms with E-state index < -0.39 is 5.60 Å². The average molecular weight is 293 g/mol. The topological polar surface area (TPSA) is 56.1 Å². The molecule has 1 N–H and O–H groups in total. The summed E-state index contributed by atoms with van der Waals surface area (Å²) in [4.78, 5) is 16.3. The zero-order valence-electron chi connectivity index (χ0n) is 13.8. The van der Waals surface area contributed by atoms with Crippen molar-refractivity contribution in [2.45, 2.75) is 77.5 Å². The third kappa shape index (κ3) is 3.57. The predicted molar refractivity (Wildman–Crippen MR) is 82.1 cm³/mol. The quantitative estimate of drug-likeness (QED) is 0.919. The molecule has 5 heteroatoms. The molecule has 5 nitrogen and oxygen atoms in total. The number of hydrogen-bond donors (Lipinski definition) is 1. The molecule has 118 valence electrons. The maximum absolute atomic E-state index is 12.0. The van der Waals surface area contributed by atoms with E-state index in [0.717, 1.165) is 12.1 Å². The van der Waals surface area contributed by atoms with Crippen LogP contribution in [0.3, 0.4) is 0 Å². The molecule has 1 aliphatic carbocycles. The summed E-state index contributed by atoms with van der Waals surface area (Å²) in [5, 5.41) is 2.96. The van der Waals surface area contributed by atoms with Crippen molar-refractivity contribution in [2.24, 2.45) is 0 Å². The molecule has 1 aromatic heterocycles. The fourth-order valence-electron chi connectivity index (χ4n) is 2.78. The molecule has 1 aromatic rings. The van der Waals surface area contributed by atoms with Crippen LogP contribution < -0.4 is 5.32 Å². The summed E-state index contributed by atoms with van der Waals surface area (Å²) in [6.07, 6.45) is 7.76. The molecule has 1 saturated carbocycles. The van der Waals surface area contributed by atoms with Gasteiger partial charge in [-0.05, 0) is 53.4 Å². The molecule has 0 aliphatic heterocycles. The lowest BCUT2D eigenvalue weighted by Gasteiger charge is -2.41. The molecule has 0 aromatic carbocycles. The van der Waals surface area contributed by atoms with Crippen molar-refractivity contribution in [1.82, 2.24) is 14.9 Å². The Bertz CT molecular complexity index is 498. The van der Waals surface area contributed by atoms with Gasteiger partial charge in [0.1, 0.15) is 5.60 Å². The highest BCUT2D eigenvalue weighted by atomic mass is 16.6. The summed E-state index contributed by atoms with van der Waals surface area (Å²) in [5.41, 5.74) is 0.725. The predicted octanol–water partition coefficient (Wildman–Crippen LogP) is 3.76. The van der Waals surface area contributed by atoms with Crippen LogP contribution in [0, 0.1) is 0 Å². The van der Waals surface area contributed by atoms with Gasteiger partial charge in [-0.25, -0.2) is 9.78 Å². The molecule has 0 spiro atoms. The Kier molecular flexibility index (Phi) is 4.30. The summed E-state index contributed by atoms with van der Waals surface area (Å²) < 4.78 is 7.58. The molecular formula is C16H27N3O2. The van der Waals surface area contributed by atoms with Crippen LogP contribution in [0.5, 0.6) is 0 Å². The first-order valence-corrected chi connectivity index (χ1v) is 7.77. The van der Waals surface area contributed by atoms with Crippen molar-refractivity contribution in [3.8, 4) is 0 Å². The Morgan fingerprint density at radius 2 is 2.19 bits per heavy atom. The number of carbonyl (C=O) groups is 1. The number of rotatable bonds is 4. The molecule has 1 atom stereocenters. The van der Waals surface area contributed by atoms with Gasteiger partial charge < -0.3 is 14.6 Å². The Hall–Kier alpha value is -1.52. The van der Waals surface area contributed by atoms with Crippen LogP contribution in [-0.4, -0.2) is 21.2 Å². The second-order valence-electron chi connectivity index (χ2n) is 7.15. The second-order valence-corrected chi connectivity index (χ2v) is 7.15. The van der Waals surface area contributed by atoms with E-state index in [9.17, 15) is 4.79 Å². The molecule has 1 amide bonds. The maximum atomic E-state index is 12.0. The van der Waals surface area contributed by atoms with E-state index >= 15 is 0 Å². The molecule has 1 fully saturated rings. The number of imidazole rings is 1.